The van der Waals surface area contributed by atoms with Crippen molar-refractivity contribution in [2.45, 2.75) is 13.3 Å². The minimum absolute atomic E-state index is 0.0516. The van der Waals surface area contributed by atoms with Gasteiger partial charge in [-0.15, -0.1) is 0 Å². The van der Waals surface area contributed by atoms with Gasteiger partial charge in [-0.25, -0.2) is 9.69 Å². The molecule has 10 heteroatoms. The van der Waals surface area contributed by atoms with Gasteiger partial charge in [0.25, 0.3) is 11.8 Å². The molecule has 1 heterocycles. The van der Waals surface area contributed by atoms with Crippen LogP contribution in [0.5, 0.6) is 0 Å². The topological polar surface area (TPSA) is 105 Å². The van der Waals surface area contributed by atoms with Gasteiger partial charge >= 0.3 is 5.97 Å². The summed E-state index contributed by atoms with van der Waals surface area (Å²) in [6.45, 7) is 1.81. The summed E-state index contributed by atoms with van der Waals surface area (Å²) in [6, 6.07) is 18.0. The molecule has 0 fully saturated rings. The highest BCUT2D eigenvalue weighted by atomic mass is 35.5. The molecule has 0 saturated carbocycles. The molecule has 3 amide bonds. The van der Waals surface area contributed by atoms with Crippen LogP contribution in [0, 0.1) is 6.92 Å². The van der Waals surface area contributed by atoms with Gasteiger partial charge in [-0.05, 0) is 66.6 Å². The number of halogens is 2. The Kier molecular flexibility index (Phi) is 7.61. The minimum Gasteiger partial charge on any atom is -0.465 e. The van der Waals surface area contributed by atoms with Gasteiger partial charge < -0.3 is 15.4 Å². The molecule has 1 aliphatic heterocycles. The number of aryl methyl sites for hydroxylation is 1. The summed E-state index contributed by atoms with van der Waals surface area (Å²) in [5.74, 6) is -1.96. The van der Waals surface area contributed by atoms with Crippen molar-refractivity contribution in [3.63, 3.8) is 0 Å². The molecule has 0 unspecified atom stereocenters. The number of anilines is 3. The second kappa shape index (κ2) is 10.9. The molecule has 188 valence electrons. The zero-order valence-electron chi connectivity index (χ0n) is 19.8. The maximum Gasteiger partial charge on any atom is 0.337 e. The monoisotopic (exact) mass is 537 g/mol. The van der Waals surface area contributed by atoms with Crippen molar-refractivity contribution in [2.75, 3.05) is 22.6 Å². The minimum atomic E-state index is -0.651. The van der Waals surface area contributed by atoms with Crippen LogP contribution in [0.3, 0.4) is 0 Å². The number of benzene rings is 3. The molecule has 0 radical (unpaired) electrons. The smallest absolute Gasteiger partial charge is 0.337 e. The number of rotatable bonds is 7. The van der Waals surface area contributed by atoms with E-state index in [1.807, 2.05) is 6.92 Å². The Morgan fingerprint density at radius 2 is 1.54 bits per heavy atom. The lowest BCUT2D eigenvalue weighted by Crippen LogP contribution is -2.32. The number of hydrogen-bond donors (Lipinski definition) is 2. The summed E-state index contributed by atoms with van der Waals surface area (Å²) in [4.78, 5) is 50.5. The molecule has 0 aromatic heterocycles. The number of nitrogens with one attached hydrogen (secondary N) is 2. The molecule has 8 nitrogen and oxygen atoms in total. The molecule has 2 N–H and O–H groups in total. The lowest BCUT2D eigenvalue weighted by molar-refractivity contribution is -0.120. The van der Waals surface area contributed by atoms with Gasteiger partial charge in [0.2, 0.25) is 5.91 Å². The number of esters is 1. The largest absolute Gasteiger partial charge is 0.465 e. The molecule has 0 saturated heterocycles. The number of carbonyl (C=O) groups excluding carboxylic acids is 4. The number of carbonyl (C=O) groups is 4. The first-order valence-corrected chi connectivity index (χ1v) is 11.8. The van der Waals surface area contributed by atoms with Crippen molar-refractivity contribution in [3.05, 3.63) is 99.2 Å². The summed E-state index contributed by atoms with van der Waals surface area (Å²) in [7, 11) is 1.30. The van der Waals surface area contributed by atoms with Crippen LogP contribution in [0.2, 0.25) is 5.02 Å². The molecule has 4 rings (SSSR count). The molecule has 0 atom stereocenters. The Hall–Kier alpha value is -4.14. The highest BCUT2D eigenvalue weighted by molar-refractivity contribution is 6.53. The quantitative estimate of drug-likeness (QED) is 0.322. The SMILES string of the molecule is COC(=O)c1ccc(NC(=O)Cc2ccc(NC3=C(Cl)C(=O)N(c4ccc(C)c(Cl)c4)C3=O)cc2)cc1. The third-order valence-corrected chi connectivity index (χ3v) is 6.38. The van der Waals surface area contributed by atoms with Gasteiger partial charge in [-0.1, -0.05) is 41.4 Å². The summed E-state index contributed by atoms with van der Waals surface area (Å²) < 4.78 is 4.65. The van der Waals surface area contributed by atoms with Crippen molar-refractivity contribution in [3.8, 4) is 0 Å². The normalized spacial score (nSPS) is 13.1. The predicted octanol–water partition coefficient (Wildman–Crippen LogP) is 5.05. The van der Waals surface area contributed by atoms with Crippen molar-refractivity contribution >= 4 is 64.0 Å². The first-order chi connectivity index (χ1) is 17.7. The van der Waals surface area contributed by atoms with Crippen molar-refractivity contribution in [2.24, 2.45) is 0 Å². The van der Waals surface area contributed by atoms with Crippen LogP contribution >= 0.6 is 23.2 Å². The van der Waals surface area contributed by atoms with Gasteiger partial charge in [0, 0.05) is 16.4 Å². The Labute approximate surface area is 222 Å². The molecular formula is C27H21Cl2N3O5. The standard InChI is InChI=1S/C27H21Cl2N3O5/c1-15-3-12-20(14-21(15)28)32-25(34)23(29)24(26(32)35)31-19-8-4-16(5-9-19)13-22(33)30-18-10-6-17(7-11-18)27(36)37-2/h3-12,14,31H,13H2,1-2H3,(H,30,33). The van der Waals surface area contributed by atoms with E-state index >= 15 is 0 Å². The van der Waals surface area contributed by atoms with Crippen molar-refractivity contribution in [1.29, 1.82) is 0 Å². The molecule has 3 aromatic carbocycles. The maximum absolute atomic E-state index is 13.0. The highest BCUT2D eigenvalue weighted by Gasteiger charge is 2.39. The summed E-state index contributed by atoms with van der Waals surface area (Å²) in [5.41, 5.74) is 3.24. The van der Waals surface area contributed by atoms with E-state index in [1.54, 1.807) is 60.7 Å². The van der Waals surface area contributed by atoms with Crippen LogP contribution in [0.1, 0.15) is 21.5 Å². The van der Waals surface area contributed by atoms with E-state index in [0.717, 1.165) is 16.0 Å². The zero-order chi connectivity index (χ0) is 26.7. The molecular weight excluding hydrogens is 517 g/mol. The molecule has 3 aromatic rings. The lowest BCUT2D eigenvalue weighted by Gasteiger charge is -2.16. The Bertz CT molecular complexity index is 1430. The molecule has 0 spiro atoms. The van der Waals surface area contributed by atoms with E-state index in [4.69, 9.17) is 23.2 Å². The van der Waals surface area contributed by atoms with Crippen LogP contribution in [0.15, 0.2) is 77.5 Å². The third-order valence-electron chi connectivity index (χ3n) is 5.62. The van der Waals surface area contributed by atoms with Crippen LogP contribution in [0.25, 0.3) is 0 Å². The van der Waals surface area contributed by atoms with Gasteiger partial charge in [0.05, 0.1) is 24.8 Å². The zero-order valence-corrected chi connectivity index (χ0v) is 21.3. The Morgan fingerprint density at radius 3 is 2.16 bits per heavy atom. The van der Waals surface area contributed by atoms with E-state index in [9.17, 15) is 19.2 Å². The fraction of sp³-hybridized carbons (Fsp3) is 0.111. The van der Waals surface area contributed by atoms with Gasteiger partial charge in [-0.3, -0.25) is 14.4 Å². The summed E-state index contributed by atoms with van der Waals surface area (Å²) in [6.07, 6.45) is 0.0991. The fourth-order valence-electron chi connectivity index (χ4n) is 3.62. The summed E-state index contributed by atoms with van der Waals surface area (Å²) >= 11 is 12.3. The fourth-order valence-corrected chi connectivity index (χ4v) is 4.00. The number of hydrogen-bond acceptors (Lipinski definition) is 6. The second-order valence-electron chi connectivity index (χ2n) is 8.18. The van der Waals surface area contributed by atoms with Gasteiger partial charge in [-0.2, -0.15) is 0 Å². The van der Waals surface area contributed by atoms with E-state index in [-0.39, 0.29) is 23.1 Å². The number of ether oxygens (including phenoxy) is 1. The molecule has 0 aliphatic carbocycles. The van der Waals surface area contributed by atoms with Gasteiger partial charge in [0.1, 0.15) is 10.7 Å². The van der Waals surface area contributed by atoms with E-state index < -0.39 is 17.8 Å². The average Bonchev–Trinajstić information content (AvgIpc) is 3.09. The first kappa shape index (κ1) is 25.9. The summed E-state index contributed by atoms with van der Waals surface area (Å²) in [5, 5.41) is 5.86. The van der Waals surface area contributed by atoms with E-state index in [2.05, 4.69) is 15.4 Å². The average molecular weight is 538 g/mol. The number of methoxy groups -OCH3 is 1. The van der Waals surface area contributed by atoms with Crippen LogP contribution in [0.4, 0.5) is 17.1 Å². The molecule has 1 aliphatic rings. The van der Waals surface area contributed by atoms with E-state index in [0.29, 0.717) is 27.6 Å². The first-order valence-electron chi connectivity index (χ1n) is 11.1. The van der Waals surface area contributed by atoms with Gasteiger partial charge in [0.15, 0.2) is 0 Å². The maximum atomic E-state index is 13.0. The second-order valence-corrected chi connectivity index (χ2v) is 8.97. The predicted molar refractivity (Wildman–Crippen MR) is 142 cm³/mol. The lowest BCUT2D eigenvalue weighted by atomic mass is 10.1. The number of imide groups is 1. The van der Waals surface area contributed by atoms with E-state index in [1.165, 1.54) is 13.2 Å². The van der Waals surface area contributed by atoms with Crippen molar-refractivity contribution < 1.29 is 23.9 Å². The molecule has 37 heavy (non-hydrogen) atoms. The molecule has 0 bridgehead atoms. The van der Waals surface area contributed by atoms with Crippen LogP contribution in [-0.2, 0) is 25.5 Å². The number of nitrogens with zero attached hydrogens (tertiary/aromatic N) is 1. The van der Waals surface area contributed by atoms with Crippen molar-refractivity contribution in [1.82, 2.24) is 0 Å². The van der Waals surface area contributed by atoms with Crippen LogP contribution < -0.4 is 15.5 Å². The van der Waals surface area contributed by atoms with Crippen LogP contribution in [-0.4, -0.2) is 30.8 Å². The highest BCUT2D eigenvalue weighted by Crippen LogP contribution is 2.32. The number of amides is 3. The Morgan fingerprint density at radius 1 is 0.892 bits per heavy atom. The Balaban J connectivity index is 1.39. The third kappa shape index (κ3) is 5.66.